The van der Waals surface area contributed by atoms with Crippen LogP contribution in [0.25, 0.3) is 5.76 Å². The Morgan fingerprint density at radius 1 is 1.22 bits per heavy atom. The van der Waals surface area contributed by atoms with Gasteiger partial charge >= 0.3 is 0 Å². The first-order valence-electron chi connectivity index (χ1n) is 8.12. The van der Waals surface area contributed by atoms with Gasteiger partial charge in [-0.3, -0.25) is 0 Å². The van der Waals surface area contributed by atoms with Crippen molar-refractivity contribution in [2.45, 2.75) is 38.6 Å². The Morgan fingerprint density at radius 3 is 2.39 bits per heavy atom. The highest BCUT2D eigenvalue weighted by Crippen LogP contribution is 2.43. The van der Waals surface area contributed by atoms with E-state index in [1.165, 1.54) is 17.5 Å². The third-order valence-electron chi connectivity index (χ3n) is 4.45. The Labute approximate surface area is 137 Å². The topological polar surface area (TPSA) is 47.0 Å². The van der Waals surface area contributed by atoms with Gasteiger partial charge in [-0.25, -0.2) is 9.97 Å². The lowest BCUT2D eigenvalue weighted by atomic mass is 9.72. The van der Waals surface area contributed by atoms with Crippen LogP contribution in [-0.4, -0.2) is 16.6 Å². The highest BCUT2D eigenvalue weighted by molar-refractivity contribution is 5.56. The van der Waals surface area contributed by atoms with Gasteiger partial charge in [0.25, 0.3) is 0 Å². The summed E-state index contributed by atoms with van der Waals surface area (Å²) in [6.07, 6.45) is 6.95. The second-order valence-electron chi connectivity index (χ2n) is 6.08. The molecule has 0 amide bonds. The number of nitrogens with zero attached hydrogens (tertiary/aromatic N) is 2. The molecule has 0 unspecified atom stereocenters. The van der Waals surface area contributed by atoms with Gasteiger partial charge in [0.15, 0.2) is 0 Å². The lowest BCUT2D eigenvalue weighted by molar-refractivity contribution is 0.282. The highest BCUT2D eigenvalue weighted by atomic mass is 16.5. The third-order valence-corrected chi connectivity index (χ3v) is 4.45. The quantitative estimate of drug-likeness (QED) is 0.809. The lowest BCUT2D eigenvalue weighted by Gasteiger charge is -2.43. The summed E-state index contributed by atoms with van der Waals surface area (Å²) in [6, 6.07) is 8.72. The minimum atomic E-state index is -0.0356. The maximum Gasteiger partial charge on any atom is 0.223 e. The van der Waals surface area contributed by atoms with Gasteiger partial charge in [-0.1, -0.05) is 36.4 Å². The van der Waals surface area contributed by atoms with Crippen LogP contribution in [0.4, 0.5) is 5.95 Å². The van der Waals surface area contributed by atoms with Crippen LogP contribution in [0, 0.1) is 6.92 Å². The van der Waals surface area contributed by atoms with E-state index in [-0.39, 0.29) is 5.54 Å². The van der Waals surface area contributed by atoms with E-state index < -0.39 is 0 Å². The Hall–Kier alpha value is -2.36. The Morgan fingerprint density at radius 2 is 1.87 bits per heavy atom. The van der Waals surface area contributed by atoms with E-state index in [4.69, 9.17) is 4.74 Å². The maximum atomic E-state index is 5.39. The largest absolute Gasteiger partial charge is 0.494 e. The van der Waals surface area contributed by atoms with Crippen molar-refractivity contribution in [2.24, 2.45) is 0 Å². The Bertz CT molecular complexity index is 673. The summed E-state index contributed by atoms with van der Waals surface area (Å²) >= 11 is 0. The molecule has 0 aliphatic heterocycles. The first kappa shape index (κ1) is 15.5. The van der Waals surface area contributed by atoms with Gasteiger partial charge in [0.1, 0.15) is 5.76 Å². The number of hydrogen-bond donors (Lipinski definition) is 1. The van der Waals surface area contributed by atoms with Crippen molar-refractivity contribution >= 4 is 11.7 Å². The number of ether oxygens (including phenoxy) is 1. The molecule has 23 heavy (non-hydrogen) atoms. The Kier molecular flexibility index (Phi) is 4.33. The van der Waals surface area contributed by atoms with E-state index in [0.29, 0.717) is 18.3 Å². The van der Waals surface area contributed by atoms with Crippen LogP contribution in [0.1, 0.15) is 42.9 Å². The smallest absolute Gasteiger partial charge is 0.223 e. The Balaban J connectivity index is 1.77. The van der Waals surface area contributed by atoms with E-state index in [9.17, 15) is 0 Å². The molecule has 1 saturated carbocycles. The molecule has 0 bridgehead atoms. The first-order valence-corrected chi connectivity index (χ1v) is 8.12. The zero-order valence-corrected chi connectivity index (χ0v) is 13.8. The molecule has 1 aromatic heterocycles. The molecule has 0 atom stereocenters. The summed E-state index contributed by atoms with van der Waals surface area (Å²) < 4.78 is 5.39. The van der Waals surface area contributed by atoms with Crippen molar-refractivity contribution in [2.75, 3.05) is 11.9 Å². The average Bonchev–Trinajstić information content (AvgIpc) is 2.53. The molecule has 3 rings (SSSR count). The zero-order valence-electron chi connectivity index (χ0n) is 13.8. The molecule has 2 aromatic rings. The van der Waals surface area contributed by atoms with Gasteiger partial charge in [-0.2, -0.15) is 0 Å². The van der Waals surface area contributed by atoms with Crippen LogP contribution in [0.2, 0.25) is 0 Å². The molecule has 0 saturated heterocycles. The molecular formula is C19H23N3O. The first-order chi connectivity index (χ1) is 11.1. The predicted octanol–water partition coefficient (Wildman–Crippen LogP) is 4.28. The zero-order chi connectivity index (χ0) is 16.3. The maximum absolute atomic E-state index is 5.39. The van der Waals surface area contributed by atoms with Gasteiger partial charge < -0.3 is 10.1 Å². The standard InChI is InChI=1S/C19H23N3O/c1-4-23-15(3)16-12-20-18(21-13-16)22-19(10-5-11-19)17-8-6-14(2)7-9-17/h6-9,12-13H,3-5,10-11H2,1-2H3,(H,20,21,22). The summed E-state index contributed by atoms with van der Waals surface area (Å²) in [5, 5.41) is 3.53. The van der Waals surface area contributed by atoms with Gasteiger partial charge in [-0.05, 0) is 38.7 Å². The molecule has 1 aliphatic rings. The van der Waals surface area contributed by atoms with Gasteiger partial charge in [0.05, 0.1) is 17.7 Å². The normalized spacial score (nSPS) is 15.6. The monoisotopic (exact) mass is 309 g/mol. The summed E-state index contributed by atoms with van der Waals surface area (Å²) in [7, 11) is 0. The summed E-state index contributed by atoms with van der Waals surface area (Å²) in [6.45, 7) is 8.52. The number of hydrogen-bond acceptors (Lipinski definition) is 4. The van der Waals surface area contributed by atoms with Gasteiger partial charge in [0, 0.05) is 12.4 Å². The number of aromatic nitrogens is 2. The predicted molar refractivity (Wildman–Crippen MR) is 93.0 cm³/mol. The van der Waals surface area contributed by atoms with Gasteiger partial charge in [0.2, 0.25) is 5.95 Å². The van der Waals surface area contributed by atoms with Crippen molar-refractivity contribution in [3.63, 3.8) is 0 Å². The van der Waals surface area contributed by atoms with Crippen molar-refractivity contribution in [3.8, 4) is 0 Å². The molecule has 0 radical (unpaired) electrons. The van der Waals surface area contributed by atoms with E-state index in [2.05, 4.69) is 53.1 Å². The van der Waals surface area contributed by atoms with E-state index in [0.717, 1.165) is 18.4 Å². The second kappa shape index (κ2) is 6.41. The lowest BCUT2D eigenvalue weighted by Crippen LogP contribution is -2.42. The number of anilines is 1. The number of aryl methyl sites for hydroxylation is 1. The molecule has 1 fully saturated rings. The molecule has 1 aliphatic carbocycles. The molecule has 1 N–H and O–H groups in total. The molecular weight excluding hydrogens is 286 g/mol. The molecule has 1 heterocycles. The summed E-state index contributed by atoms with van der Waals surface area (Å²) in [4.78, 5) is 8.86. The minimum Gasteiger partial charge on any atom is -0.494 e. The van der Waals surface area contributed by atoms with E-state index in [1.807, 2.05) is 6.92 Å². The van der Waals surface area contributed by atoms with Crippen LogP contribution in [0.5, 0.6) is 0 Å². The van der Waals surface area contributed by atoms with Crippen molar-refractivity contribution in [1.82, 2.24) is 9.97 Å². The fourth-order valence-corrected chi connectivity index (χ4v) is 2.90. The fraction of sp³-hybridized carbons (Fsp3) is 0.368. The van der Waals surface area contributed by atoms with Gasteiger partial charge in [-0.15, -0.1) is 0 Å². The van der Waals surface area contributed by atoms with E-state index in [1.54, 1.807) is 12.4 Å². The molecule has 0 spiro atoms. The number of nitrogens with one attached hydrogen (secondary N) is 1. The highest BCUT2D eigenvalue weighted by Gasteiger charge is 2.39. The van der Waals surface area contributed by atoms with Crippen LogP contribution >= 0.6 is 0 Å². The summed E-state index contributed by atoms with van der Waals surface area (Å²) in [5.41, 5.74) is 3.36. The van der Waals surface area contributed by atoms with Crippen molar-refractivity contribution in [3.05, 3.63) is 59.9 Å². The van der Waals surface area contributed by atoms with Crippen LogP contribution in [-0.2, 0) is 10.3 Å². The van der Waals surface area contributed by atoms with Crippen LogP contribution < -0.4 is 5.32 Å². The summed E-state index contributed by atoms with van der Waals surface area (Å²) in [5.74, 6) is 1.26. The van der Waals surface area contributed by atoms with Crippen LogP contribution in [0.3, 0.4) is 0 Å². The van der Waals surface area contributed by atoms with Crippen LogP contribution in [0.15, 0.2) is 43.2 Å². The minimum absolute atomic E-state index is 0.0356. The number of rotatable bonds is 6. The van der Waals surface area contributed by atoms with Crippen molar-refractivity contribution in [1.29, 1.82) is 0 Å². The molecule has 4 nitrogen and oxygen atoms in total. The molecule has 1 aromatic carbocycles. The van der Waals surface area contributed by atoms with E-state index >= 15 is 0 Å². The SMILES string of the molecule is C=C(OCC)c1cnc(NC2(c3ccc(C)cc3)CCC2)nc1. The average molecular weight is 309 g/mol. The number of benzene rings is 1. The second-order valence-corrected chi connectivity index (χ2v) is 6.08. The van der Waals surface area contributed by atoms with Crippen molar-refractivity contribution < 1.29 is 4.74 Å². The third kappa shape index (κ3) is 3.21. The molecule has 4 heteroatoms. The molecule has 120 valence electrons. The fourth-order valence-electron chi connectivity index (χ4n) is 2.90.